The molecule has 0 aromatic carbocycles. The van der Waals surface area contributed by atoms with Gasteiger partial charge in [-0.1, -0.05) is 0 Å². The third-order valence-corrected chi connectivity index (χ3v) is 5.91. The molecule has 0 saturated carbocycles. The number of amides is 2. The number of hydrogen-bond acceptors (Lipinski definition) is 5. The molecule has 2 N–H and O–H groups in total. The van der Waals surface area contributed by atoms with Crippen LogP contribution in [-0.4, -0.2) is 57.8 Å². The van der Waals surface area contributed by atoms with Crippen LogP contribution in [0.3, 0.4) is 0 Å². The first kappa shape index (κ1) is 18.6. The number of likely N-dealkylation sites (tertiary alicyclic amines) is 2. The highest BCUT2D eigenvalue weighted by Crippen LogP contribution is 2.39. The van der Waals surface area contributed by atoms with E-state index in [0.717, 1.165) is 62.4 Å². The van der Waals surface area contributed by atoms with Gasteiger partial charge in [-0.05, 0) is 40.0 Å². The molecule has 2 aliphatic rings. The highest BCUT2D eigenvalue weighted by Gasteiger charge is 2.42. The summed E-state index contributed by atoms with van der Waals surface area (Å²) in [6, 6.07) is 0. The maximum atomic E-state index is 13.0. The Bertz CT molecular complexity index is 697. The van der Waals surface area contributed by atoms with Gasteiger partial charge in [-0.15, -0.1) is 0 Å². The van der Waals surface area contributed by atoms with Crippen molar-refractivity contribution < 1.29 is 9.59 Å². The zero-order valence-corrected chi connectivity index (χ0v) is 16.0. The van der Waals surface area contributed by atoms with Crippen LogP contribution in [0.5, 0.6) is 0 Å². The van der Waals surface area contributed by atoms with Crippen molar-refractivity contribution in [1.82, 2.24) is 19.8 Å². The van der Waals surface area contributed by atoms with Gasteiger partial charge in [0.15, 0.2) is 0 Å². The minimum Gasteiger partial charge on any atom is -0.368 e. The van der Waals surface area contributed by atoms with Gasteiger partial charge >= 0.3 is 0 Å². The van der Waals surface area contributed by atoms with E-state index in [-0.39, 0.29) is 23.2 Å². The first-order chi connectivity index (χ1) is 12.3. The summed E-state index contributed by atoms with van der Waals surface area (Å²) in [5.41, 5.74) is 8.16. The Labute approximate surface area is 155 Å². The molecule has 1 aromatic rings. The normalized spacial score (nSPS) is 23.6. The fourth-order valence-corrected chi connectivity index (χ4v) is 4.43. The van der Waals surface area contributed by atoms with E-state index in [1.165, 1.54) is 0 Å². The SMILES string of the molecule is CCN1CC2(CCCN(C(=O)Cc3c(C)nc(N)nc3C)C2)CCC1=O. The average molecular weight is 359 g/mol. The number of nitrogens with zero attached hydrogens (tertiary/aromatic N) is 4. The van der Waals surface area contributed by atoms with E-state index in [4.69, 9.17) is 5.73 Å². The molecule has 142 valence electrons. The van der Waals surface area contributed by atoms with Crippen molar-refractivity contribution >= 4 is 17.8 Å². The summed E-state index contributed by atoms with van der Waals surface area (Å²) in [4.78, 5) is 37.3. The molecule has 1 spiro atoms. The molecule has 1 aromatic heterocycles. The van der Waals surface area contributed by atoms with Crippen molar-refractivity contribution in [2.45, 2.75) is 52.9 Å². The Morgan fingerprint density at radius 3 is 2.54 bits per heavy atom. The van der Waals surface area contributed by atoms with Crippen LogP contribution < -0.4 is 5.73 Å². The molecule has 2 amide bonds. The number of piperidine rings is 2. The van der Waals surface area contributed by atoms with E-state index in [1.807, 2.05) is 30.6 Å². The molecule has 7 heteroatoms. The van der Waals surface area contributed by atoms with E-state index in [1.54, 1.807) is 0 Å². The highest BCUT2D eigenvalue weighted by molar-refractivity contribution is 5.80. The molecule has 2 saturated heterocycles. The fourth-order valence-electron chi connectivity index (χ4n) is 4.43. The number of nitrogen functional groups attached to an aromatic ring is 1. The maximum absolute atomic E-state index is 13.0. The lowest BCUT2D eigenvalue weighted by atomic mass is 9.73. The summed E-state index contributed by atoms with van der Waals surface area (Å²) in [7, 11) is 0. The summed E-state index contributed by atoms with van der Waals surface area (Å²) in [5.74, 6) is 0.607. The smallest absolute Gasteiger partial charge is 0.227 e. The molecule has 26 heavy (non-hydrogen) atoms. The second-order valence-electron chi connectivity index (χ2n) is 7.73. The van der Waals surface area contributed by atoms with Crippen LogP contribution in [0.4, 0.5) is 5.95 Å². The molecule has 3 rings (SSSR count). The zero-order valence-electron chi connectivity index (χ0n) is 16.0. The van der Waals surface area contributed by atoms with Crippen LogP contribution in [-0.2, 0) is 16.0 Å². The largest absolute Gasteiger partial charge is 0.368 e. The third kappa shape index (κ3) is 3.66. The summed E-state index contributed by atoms with van der Waals surface area (Å²) in [6.45, 7) is 8.81. The predicted molar refractivity (Wildman–Crippen MR) is 99.4 cm³/mol. The molecule has 7 nitrogen and oxygen atoms in total. The van der Waals surface area contributed by atoms with Gasteiger partial charge in [-0.25, -0.2) is 9.97 Å². The van der Waals surface area contributed by atoms with E-state index >= 15 is 0 Å². The van der Waals surface area contributed by atoms with Crippen molar-refractivity contribution in [3.8, 4) is 0 Å². The number of carbonyl (C=O) groups excluding carboxylic acids is 2. The molecule has 3 heterocycles. The van der Waals surface area contributed by atoms with Crippen molar-refractivity contribution in [3.05, 3.63) is 17.0 Å². The summed E-state index contributed by atoms with van der Waals surface area (Å²) >= 11 is 0. The number of nitrogens with two attached hydrogens (primary N) is 1. The lowest BCUT2D eigenvalue weighted by Gasteiger charge is -2.48. The molecule has 0 bridgehead atoms. The molecule has 2 fully saturated rings. The Morgan fingerprint density at radius 1 is 1.19 bits per heavy atom. The molecule has 0 aliphatic carbocycles. The van der Waals surface area contributed by atoms with Gasteiger partial charge in [0.05, 0.1) is 6.42 Å². The zero-order chi connectivity index (χ0) is 18.9. The van der Waals surface area contributed by atoms with Crippen molar-refractivity contribution in [3.63, 3.8) is 0 Å². The van der Waals surface area contributed by atoms with Crippen LogP contribution >= 0.6 is 0 Å². The van der Waals surface area contributed by atoms with Gasteiger partial charge in [0.1, 0.15) is 0 Å². The Balaban J connectivity index is 1.72. The van der Waals surface area contributed by atoms with Crippen LogP contribution in [0.15, 0.2) is 0 Å². The number of rotatable bonds is 3. The standard InChI is InChI=1S/C19H29N5O2/c1-4-23-11-19(8-6-16(23)25)7-5-9-24(12-19)17(26)10-15-13(2)21-18(20)22-14(15)3/h4-12H2,1-3H3,(H2,20,21,22). The first-order valence-electron chi connectivity index (χ1n) is 9.49. The Hall–Kier alpha value is -2.18. The maximum Gasteiger partial charge on any atom is 0.227 e. The molecular weight excluding hydrogens is 330 g/mol. The minimum absolute atomic E-state index is 0.0551. The van der Waals surface area contributed by atoms with Gasteiger partial charge in [0, 0.05) is 55.0 Å². The molecular formula is C19H29N5O2. The van der Waals surface area contributed by atoms with E-state index < -0.39 is 0 Å². The minimum atomic E-state index is 0.0551. The second-order valence-corrected chi connectivity index (χ2v) is 7.73. The number of anilines is 1. The van der Waals surface area contributed by atoms with Crippen LogP contribution in [0.25, 0.3) is 0 Å². The average Bonchev–Trinajstić information content (AvgIpc) is 2.60. The van der Waals surface area contributed by atoms with Gasteiger partial charge < -0.3 is 15.5 Å². The lowest BCUT2D eigenvalue weighted by molar-refractivity contribution is -0.142. The van der Waals surface area contributed by atoms with E-state index in [2.05, 4.69) is 9.97 Å². The quantitative estimate of drug-likeness (QED) is 0.882. The van der Waals surface area contributed by atoms with Gasteiger partial charge in [0.2, 0.25) is 17.8 Å². The Kier molecular flexibility index (Phi) is 5.16. The molecule has 1 atom stereocenters. The van der Waals surface area contributed by atoms with Gasteiger partial charge in [-0.2, -0.15) is 0 Å². The molecule has 0 radical (unpaired) electrons. The molecule has 2 aliphatic heterocycles. The predicted octanol–water partition coefficient (Wildman–Crippen LogP) is 1.47. The molecule has 1 unspecified atom stereocenters. The monoisotopic (exact) mass is 359 g/mol. The first-order valence-corrected chi connectivity index (χ1v) is 9.49. The van der Waals surface area contributed by atoms with E-state index in [0.29, 0.717) is 12.8 Å². The van der Waals surface area contributed by atoms with Gasteiger partial charge in [-0.3, -0.25) is 9.59 Å². The topological polar surface area (TPSA) is 92.4 Å². The van der Waals surface area contributed by atoms with Gasteiger partial charge in [0.25, 0.3) is 0 Å². The number of hydrogen-bond donors (Lipinski definition) is 1. The highest BCUT2D eigenvalue weighted by atomic mass is 16.2. The van der Waals surface area contributed by atoms with Crippen molar-refractivity contribution in [2.24, 2.45) is 5.41 Å². The summed E-state index contributed by atoms with van der Waals surface area (Å²) in [6.07, 6.45) is 3.87. The van der Waals surface area contributed by atoms with Crippen LogP contribution in [0.1, 0.15) is 49.6 Å². The number of aryl methyl sites for hydroxylation is 2. The fraction of sp³-hybridized carbons (Fsp3) is 0.684. The van der Waals surface area contributed by atoms with Crippen LogP contribution in [0.2, 0.25) is 0 Å². The lowest BCUT2D eigenvalue weighted by Crippen LogP contribution is -2.55. The number of aromatic nitrogens is 2. The summed E-state index contributed by atoms with van der Waals surface area (Å²) in [5, 5.41) is 0. The van der Waals surface area contributed by atoms with Crippen molar-refractivity contribution in [1.29, 1.82) is 0 Å². The third-order valence-electron chi connectivity index (χ3n) is 5.91. The summed E-state index contributed by atoms with van der Waals surface area (Å²) < 4.78 is 0. The van der Waals surface area contributed by atoms with Crippen molar-refractivity contribution in [2.75, 3.05) is 31.9 Å². The van der Waals surface area contributed by atoms with E-state index in [9.17, 15) is 9.59 Å². The Morgan fingerprint density at radius 2 is 1.88 bits per heavy atom. The van der Waals surface area contributed by atoms with Crippen LogP contribution in [0, 0.1) is 19.3 Å². The second kappa shape index (κ2) is 7.21. The number of carbonyl (C=O) groups is 2.